The van der Waals surface area contributed by atoms with Crippen LogP contribution in [0.3, 0.4) is 0 Å². The van der Waals surface area contributed by atoms with Crippen molar-refractivity contribution in [3.05, 3.63) is 29.6 Å². The van der Waals surface area contributed by atoms with Crippen molar-refractivity contribution in [1.29, 1.82) is 0 Å². The second-order valence-electron chi connectivity index (χ2n) is 4.86. The lowest BCUT2D eigenvalue weighted by atomic mass is 10.1. The lowest BCUT2D eigenvalue weighted by Gasteiger charge is -2.27. The molecule has 0 heterocycles. The number of rotatable bonds is 9. The van der Waals surface area contributed by atoms with Crippen LogP contribution in [0.15, 0.2) is 18.2 Å². The molecule has 0 amide bonds. The minimum Gasteiger partial charge on any atom is -0.391 e. The lowest BCUT2D eigenvalue weighted by molar-refractivity contribution is 0.275. The molecule has 0 aliphatic heterocycles. The number of benzene rings is 1. The van der Waals surface area contributed by atoms with E-state index in [0.717, 1.165) is 44.8 Å². The highest BCUT2D eigenvalue weighted by Gasteiger charge is 2.13. The van der Waals surface area contributed by atoms with Gasteiger partial charge in [0, 0.05) is 24.3 Å². The molecular weight excluding hydrogens is 255 g/mol. The summed E-state index contributed by atoms with van der Waals surface area (Å²) >= 11 is 0. The fourth-order valence-electron chi connectivity index (χ4n) is 2.47. The molecule has 0 spiro atoms. The molecule has 1 N–H and O–H groups in total. The Balaban J connectivity index is 2.69. The maximum absolute atomic E-state index is 13.7. The number of hydrogen-bond donors (Lipinski definition) is 1. The minimum absolute atomic E-state index is 0.255. The zero-order chi connectivity index (χ0) is 15.0. The Kier molecular flexibility index (Phi) is 7.55. The molecule has 1 aromatic rings. The topological polar surface area (TPSA) is 26.7 Å². The van der Waals surface area contributed by atoms with Gasteiger partial charge in [0.2, 0.25) is 0 Å². The van der Waals surface area contributed by atoms with Crippen molar-refractivity contribution in [1.82, 2.24) is 4.90 Å². The Morgan fingerprint density at radius 1 is 1.05 bits per heavy atom. The SMILES string of the molecule is CCN(CC)CCCN(CC)c1cccc(F)c1CO. The Morgan fingerprint density at radius 3 is 2.30 bits per heavy atom. The molecule has 0 fully saturated rings. The van der Waals surface area contributed by atoms with E-state index in [2.05, 4.69) is 30.6 Å². The predicted molar refractivity (Wildman–Crippen MR) is 82.6 cm³/mol. The molecule has 0 unspecified atom stereocenters. The van der Waals surface area contributed by atoms with Gasteiger partial charge in [-0.25, -0.2) is 4.39 Å². The third-order valence-corrected chi connectivity index (χ3v) is 3.77. The highest BCUT2D eigenvalue weighted by molar-refractivity contribution is 5.53. The zero-order valence-corrected chi connectivity index (χ0v) is 12.9. The number of aliphatic hydroxyl groups is 1. The number of anilines is 1. The van der Waals surface area contributed by atoms with Crippen LogP contribution >= 0.6 is 0 Å². The first-order valence-electron chi connectivity index (χ1n) is 7.53. The van der Waals surface area contributed by atoms with Gasteiger partial charge in [-0.15, -0.1) is 0 Å². The third-order valence-electron chi connectivity index (χ3n) is 3.77. The summed E-state index contributed by atoms with van der Waals surface area (Å²) < 4.78 is 13.7. The van der Waals surface area contributed by atoms with Gasteiger partial charge in [-0.3, -0.25) is 0 Å². The molecule has 0 saturated heterocycles. The molecule has 20 heavy (non-hydrogen) atoms. The first kappa shape index (κ1) is 16.9. The highest BCUT2D eigenvalue weighted by Crippen LogP contribution is 2.23. The van der Waals surface area contributed by atoms with Gasteiger partial charge in [-0.2, -0.15) is 0 Å². The molecule has 0 atom stereocenters. The quantitative estimate of drug-likeness (QED) is 0.754. The average Bonchev–Trinajstić information content (AvgIpc) is 2.47. The predicted octanol–water partition coefficient (Wildman–Crippen LogP) is 2.88. The Hall–Kier alpha value is -1.13. The summed E-state index contributed by atoms with van der Waals surface area (Å²) in [4.78, 5) is 4.52. The molecule has 1 aromatic carbocycles. The van der Waals surface area contributed by atoms with E-state index in [1.54, 1.807) is 6.07 Å². The van der Waals surface area contributed by atoms with Crippen LogP contribution in [0.2, 0.25) is 0 Å². The molecule has 0 aliphatic carbocycles. The van der Waals surface area contributed by atoms with Crippen molar-refractivity contribution in [2.24, 2.45) is 0 Å². The normalized spacial score (nSPS) is 11.1. The Morgan fingerprint density at radius 2 is 1.75 bits per heavy atom. The summed E-state index contributed by atoms with van der Waals surface area (Å²) in [7, 11) is 0. The number of halogens is 1. The second kappa shape index (κ2) is 8.93. The van der Waals surface area contributed by atoms with Crippen LogP contribution in [0.25, 0.3) is 0 Å². The fourth-order valence-corrected chi connectivity index (χ4v) is 2.47. The van der Waals surface area contributed by atoms with Crippen molar-refractivity contribution in [2.45, 2.75) is 33.8 Å². The molecular formula is C16H27FN2O. The maximum Gasteiger partial charge on any atom is 0.130 e. The van der Waals surface area contributed by atoms with E-state index < -0.39 is 0 Å². The minimum atomic E-state index is -0.327. The second-order valence-corrected chi connectivity index (χ2v) is 4.86. The van der Waals surface area contributed by atoms with Gasteiger partial charge in [0.15, 0.2) is 0 Å². The first-order valence-corrected chi connectivity index (χ1v) is 7.53. The number of aliphatic hydroxyl groups excluding tert-OH is 1. The van der Waals surface area contributed by atoms with Crippen LogP contribution in [0.4, 0.5) is 10.1 Å². The van der Waals surface area contributed by atoms with Crippen molar-refractivity contribution in [3.8, 4) is 0 Å². The van der Waals surface area contributed by atoms with Gasteiger partial charge in [0.1, 0.15) is 5.82 Å². The van der Waals surface area contributed by atoms with E-state index in [4.69, 9.17) is 0 Å². The number of hydrogen-bond acceptors (Lipinski definition) is 3. The van der Waals surface area contributed by atoms with Crippen molar-refractivity contribution in [3.63, 3.8) is 0 Å². The summed E-state index contributed by atoms with van der Waals surface area (Å²) in [6.07, 6.45) is 1.04. The van der Waals surface area contributed by atoms with Crippen LogP contribution in [-0.4, -0.2) is 42.7 Å². The van der Waals surface area contributed by atoms with Crippen molar-refractivity contribution in [2.75, 3.05) is 37.6 Å². The lowest BCUT2D eigenvalue weighted by Crippen LogP contribution is -2.30. The van der Waals surface area contributed by atoms with E-state index in [0.29, 0.717) is 5.56 Å². The van der Waals surface area contributed by atoms with Gasteiger partial charge in [0.25, 0.3) is 0 Å². The summed E-state index contributed by atoms with van der Waals surface area (Å²) in [5.74, 6) is -0.327. The highest BCUT2D eigenvalue weighted by atomic mass is 19.1. The molecule has 0 radical (unpaired) electrons. The molecule has 0 bridgehead atoms. The fraction of sp³-hybridized carbons (Fsp3) is 0.625. The molecule has 4 heteroatoms. The van der Waals surface area contributed by atoms with E-state index in [1.807, 2.05) is 6.07 Å². The molecule has 114 valence electrons. The smallest absolute Gasteiger partial charge is 0.130 e. The van der Waals surface area contributed by atoms with Crippen molar-refractivity contribution < 1.29 is 9.50 Å². The van der Waals surface area contributed by atoms with Crippen LogP contribution < -0.4 is 4.90 Å². The zero-order valence-electron chi connectivity index (χ0n) is 12.9. The van der Waals surface area contributed by atoms with E-state index in [1.165, 1.54) is 6.07 Å². The van der Waals surface area contributed by atoms with Crippen molar-refractivity contribution >= 4 is 5.69 Å². The summed E-state index contributed by atoms with van der Waals surface area (Å²) in [6.45, 7) is 11.0. The molecule has 3 nitrogen and oxygen atoms in total. The molecule has 0 aliphatic rings. The molecule has 0 aromatic heterocycles. The molecule has 1 rings (SSSR count). The monoisotopic (exact) mass is 282 g/mol. The van der Waals surface area contributed by atoms with Crippen LogP contribution in [0, 0.1) is 5.82 Å². The van der Waals surface area contributed by atoms with Crippen LogP contribution in [0.5, 0.6) is 0 Å². The standard InChI is InChI=1S/C16H27FN2O/c1-4-18(5-2)11-8-12-19(6-3)16-10-7-9-15(17)14(16)13-20/h7,9-10,20H,4-6,8,11-13H2,1-3H3. The summed E-state index contributed by atoms with van der Waals surface area (Å²) in [5.41, 5.74) is 1.21. The van der Waals surface area contributed by atoms with Gasteiger partial charge in [0.05, 0.1) is 6.61 Å². The third kappa shape index (κ3) is 4.46. The van der Waals surface area contributed by atoms with E-state index in [-0.39, 0.29) is 12.4 Å². The summed E-state index contributed by atoms with van der Waals surface area (Å²) in [5, 5.41) is 9.36. The average molecular weight is 282 g/mol. The largest absolute Gasteiger partial charge is 0.391 e. The number of nitrogens with zero attached hydrogens (tertiary/aromatic N) is 2. The van der Waals surface area contributed by atoms with Gasteiger partial charge in [-0.1, -0.05) is 19.9 Å². The van der Waals surface area contributed by atoms with Crippen LogP contribution in [-0.2, 0) is 6.61 Å². The summed E-state index contributed by atoms with van der Waals surface area (Å²) in [6, 6.07) is 4.99. The Labute approximate surface area is 122 Å². The maximum atomic E-state index is 13.7. The van der Waals surface area contributed by atoms with Gasteiger partial charge < -0.3 is 14.9 Å². The molecule has 0 saturated carbocycles. The van der Waals surface area contributed by atoms with Gasteiger partial charge in [-0.05, 0) is 45.1 Å². The van der Waals surface area contributed by atoms with Gasteiger partial charge >= 0.3 is 0 Å². The van der Waals surface area contributed by atoms with E-state index >= 15 is 0 Å². The Bertz CT molecular complexity index is 394. The van der Waals surface area contributed by atoms with E-state index in [9.17, 15) is 9.50 Å². The van der Waals surface area contributed by atoms with Crippen LogP contribution in [0.1, 0.15) is 32.8 Å². The first-order chi connectivity index (χ1) is 9.67.